The Morgan fingerprint density at radius 2 is 1.81 bits per heavy atom. The molecule has 1 amide bonds. The lowest BCUT2D eigenvalue weighted by Gasteiger charge is -2.19. The van der Waals surface area contributed by atoms with Crippen molar-refractivity contribution in [1.82, 2.24) is 5.32 Å². The van der Waals surface area contributed by atoms with Crippen molar-refractivity contribution in [1.29, 1.82) is 0 Å². The summed E-state index contributed by atoms with van der Waals surface area (Å²) in [5, 5.41) is 11.9. The first-order chi connectivity index (χ1) is 12.8. The third kappa shape index (κ3) is 6.61. The molecule has 27 heavy (non-hydrogen) atoms. The minimum Gasteiger partial charge on any atom is -0.492 e. The molecule has 146 valence electrons. The Morgan fingerprint density at radius 1 is 1.11 bits per heavy atom. The fraction of sp³-hybridized carbons (Fsp3) is 0.409. The standard InChI is InChI=1S/C22H29NO4/c1-16(27-20-7-5-6-17(14-20)15-24)21(25)23-12-13-26-19-10-8-18(9-11-19)22(2,3)4/h5-11,14,16,24H,12-13,15H2,1-4H3,(H,23,25)/t16-/m0/s1. The van der Waals surface area contributed by atoms with Crippen molar-refractivity contribution in [3.63, 3.8) is 0 Å². The molecule has 1 atom stereocenters. The highest BCUT2D eigenvalue weighted by Crippen LogP contribution is 2.24. The Hall–Kier alpha value is -2.53. The third-order valence-electron chi connectivity index (χ3n) is 4.15. The van der Waals surface area contributed by atoms with Crippen molar-refractivity contribution in [2.24, 2.45) is 0 Å². The highest BCUT2D eigenvalue weighted by atomic mass is 16.5. The number of benzene rings is 2. The first-order valence-electron chi connectivity index (χ1n) is 9.17. The van der Waals surface area contributed by atoms with Crippen LogP contribution in [0.3, 0.4) is 0 Å². The highest BCUT2D eigenvalue weighted by Gasteiger charge is 2.15. The van der Waals surface area contributed by atoms with Crippen LogP contribution in [-0.4, -0.2) is 30.3 Å². The molecule has 0 saturated carbocycles. The topological polar surface area (TPSA) is 67.8 Å². The summed E-state index contributed by atoms with van der Waals surface area (Å²) in [6.07, 6.45) is -0.634. The number of nitrogens with one attached hydrogen (secondary N) is 1. The fourth-order valence-electron chi connectivity index (χ4n) is 2.51. The normalized spacial score (nSPS) is 12.3. The molecule has 2 rings (SSSR count). The van der Waals surface area contributed by atoms with Gasteiger partial charge in [0.25, 0.3) is 5.91 Å². The van der Waals surface area contributed by atoms with Crippen molar-refractivity contribution in [3.8, 4) is 11.5 Å². The lowest BCUT2D eigenvalue weighted by Crippen LogP contribution is -2.38. The maximum Gasteiger partial charge on any atom is 0.260 e. The van der Waals surface area contributed by atoms with Gasteiger partial charge in [-0.2, -0.15) is 0 Å². The van der Waals surface area contributed by atoms with Crippen LogP contribution in [-0.2, 0) is 16.8 Å². The quantitative estimate of drug-likeness (QED) is 0.698. The zero-order valence-electron chi connectivity index (χ0n) is 16.5. The zero-order valence-corrected chi connectivity index (χ0v) is 16.5. The SMILES string of the molecule is C[C@H](Oc1cccc(CO)c1)C(=O)NCCOc1ccc(C(C)(C)C)cc1. The second-order valence-corrected chi connectivity index (χ2v) is 7.48. The predicted octanol–water partition coefficient (Wildman–Crippen LogP) is 3.44. The van der Waals surface area contributed by atoms with Crippen LogP contribution >= 0.6 is 0 Å². The van der Waals surface area contributed by atoms with Gasteiger partial charge in [-0.15, -0.1) is 0 Å². The van der Waals surface area contributed by atoms with Gasteiger partial charge in [0.2, 0.25) is 0 Å². The van der Waals surface area contributed by atoms with Gasteiger partial charge >= 0.3 is 0 Å². The van der Waals surface area contributed by atoms with E-state index < -0.39 is 6.10 Å². The third-order valence-corrected chi connectivity index (χ3v) is 4.15. The van der Waals surface area contributed by atoms with Gasteiger partial charge in [-0.05, 0) is 47.7 Å². The molecule has 0 aromatic heterocycles. The smallest absolute Gasteiger partial charge is 0.260 e. The van der Waals surface area contributed by atoms with Crippen LogP contribution in [0.2, 0.25) is 0 Å². The molecular weight excluding hydrogens is 342 g/mol. The summed E-state index contributed by atoms with van der Waals surface area (Å²) in [5.74, 6) is 1.12. The van der Waals surface area contributed by atoms with Crippen LogP contribution in [0, 0.1) is 0 Å². The van der Waals surface area contributed by atoms with Gasteiger partial charge in [-0.1, -0.05) is 45.0 Å². The summed E-state index contributed by atoms with van der Waals surface area (Å²) in [6.45, 7) is 8.90. The van der Waals surface area contributed by atoms with Crippen LogP contribution in [0.4, 0.5) is 0 Å². The van der Waals surface area contributed by atoms with Crippen LogP contribution in [0.5, 0.6) is 11.5 Å². The summed E-state index contributed by atoms with van der Waals surface area (Å²) in [4.78, 5) is 12.1. The Bertz CT molecular complexity index is 735. The molecule has 2 N–H and O–H groups in total. The summed E-state index contributed by atoms with van der Waals surface area (Å²) in [5.41, 5.74) is 2.10. The van der Waals surface area contributed by atoms with Crippen LogP contribution in [0.1, 0.15) is 38.8 Å². The summed E-state index contributed by atoms with van der Waals surface area (Å²) < 4.78 is 11.3. The van der Waals surface area contributed by atoms with Gasteiger partial charge in [-0.3, -0.25) is 4.79 Å². The number of rotatable bonds is 8. The molecule has 0 saturated heterocycles. The molecule has 0 heterocycles. The molecule has 0 radical (unpaired) electrons. The summed E-state index contributed by atoms with van der Waals surface area (Å²) in [7, 11) is 0. The van der Waals surface area contributed by atoms with E-state index in [-0.39, 0.29) is 17.9 Å². The van der Waals surface area contributed by atoms with Gasteiger partial charge in [0, 0.05) is 0 Å². The van der Waals surface area contributed by atoms with E-state index in [0.29, 0.717) is 18.9 Å². The van der Waals surface area contributed by atoms with E-state index in [9.17, 15) is 4.79 Å². The maximum atomic E-state index is 12.1. The number of ether oxygens (including phenoxy) is 2. The number of aliphatic hydroxyl groups is 1. The molecule has 0 aliphatic rings. The molecule has 0 bridgehead atoms. The molecule has 5 heteroatoms. The van der Waals surface area contributed by atoms with E-state index in [4.69, 9.17) is 14.6 Å². The lowest BCUT2D eigenvalue weighted by molar-refractivity contribution is -0.127. The number of hydrogen-bond donors (Lipinski definition) is 2. The minimum atomic E-state index is -0.634. The van der Waals surface area contributed by atoms with Gasteiger partial charge in [0.05, 0.1) is 13.2 Å². The van der Waals surface area contributed by atoms with Crippen molar-refractivity contribution in [3.05, 3.63) is 59.7 Å². The molecular formula is C22H29NO4. The summed E-state index contributed by atoms with van der Waals surface area (Å²) in [6, 6.07) is 15.1. The molecule has 0 fully saturated rings. The largest absolute Gasteiger partial charge is 0.492 e. The van der Waals surface area contributed by atoms with Gasteiger partial charge in [0.15, 0.2) is 6.10 Å². The molecule has 5 nitrogen and oxygen atoms in total. The number of carbonyl (C=O) groups is 1. The van der Waals surface area contributed by atoms with E-state index in [1.807, 2.05) is 12.1 Å². The van der Waals surface area contributed by atoms with Crippen LogP contribution < -0.4 is 14.8 Å². The van der Waals surface area contributed by atoms with Gasteiger partial charge in [-0.25, -0.2) is 0 Å². The number of hydrogen-bond acceptors (Lipinski definition) is 4. The van der Waals surface area contributed by atoms with E-state index in [2.05, 4.69) is 38.2 Å². The van der Waals surface area contributed by atoms with E-state index in [0.717, 1.165) is 11.3 Å². The van der Waals surface area contributed by atoms with Gasteiger partial charge < -0.3 is 19.9 Å². The lowest BCUT2D eigenvalue weighted by atomic mass is 9.87. The van der Waals surface area contributed by atoms with Crippen molar-refractivity contribution < 1.29 is 19.4 Å². The molecule has 2 aromatic carbocycles. The first kappa shape index (κ1) is 20.8. The van der Waals surface area contributed by atoms with E-state index in [1.54, 1.807) is 31.2 Å². The Balaban J connectivity index is 1.73. The maximum absolute atomic E-state index is 12.1. The first-order valence-corrected chi connectivity index (χ1v) is 9.17. The van der Waals surface area contributed by atoms with Crippen molar-refractivity contribution in [2.45, 2.75) is 45.8 Å². The number of carbonyl (C=O) groups excluding carboxylic acids is 1. The number of amides is 1. The minimum absolute atomic E-state index is 0.0636. The monoisotopic (exact) mass is 371 g/mol. The van der Waals surface area contributed by atoms with Gasteiger partial charge in [0.1, 0.15) is 18.1 Å². The Labute approximate surface area is 161 Å². The average Bonchev–Trinajstić information content (AvgIpc) is 2.64. The highest BCUT2D eigenvalue weighted by molar-refractivity contribution is 5.80. The van der Waals surface area contributed by atoms with Crippen molar-refractivity contribution in [2.75, 3.05) is 13.2 Å². The van der Waals surface area contributed by atoms with Crippen LogP contribution in [0.15, 0.2) is 48.5 Å². The van der Waals surface area contributed by atoms with E-state index in [1.165, 1.54) is 5.56 Å². The Morgan fingerprint density at radius 3 is 2.44 bits per heavy atom. The second-order valence-electron chi connectivity index (χ2n) is 7.48. The Kier molecular flexibility index (Phi) is 7.25. The second kappa shape index (κ2) is 9.42. The molecule has 2 aromatic rings. The molecule has 0 aliphatic heterocycles. The average molecular weight is 371 g/mol. The molecule has 0 unspecified atom stereocenters. The van der Waals surface area contributed by atoms with E-state index >= 15 is 0 Å². The van der Waals surface area contributed by atoms with Crippen LogP contribution in [0.25, 0.3) is 0 Å². The molecule has 0 spiro atoms. The zero-order chi connectivity index (χ0) is 19.9. The number of aliphatic hydroxyl groups excluding tert-OH is 1. The summed E-state index contributed by atoms with van der Waals surface area (Å²) >= 11 is 0. The fourth-order valence-corrected chi connectivity index (χ4v) is 2.51. The molecule has 0 aliphatic carbocycles. The predicted molar refractivity (Wildman–Crippen MR) is 106 cm³/mol. The van der Waals surface area contributed by atoms with Crippen molar-refractivity contribution >= 4 is 5.91 Å².